The van der Waals surface area contributed by atoms with Gasteiger partial charge in [-0.15, -0.1) is 13.2 Å². The number of ether oxygens (including phenoxy) is 3. The van der Waals surface area contributed by atoms with Gasteiger partial charge in [0.25, 0.3) is 0 Å². The molecular weight excluding hydrogens is 486 g/mol. The number of pyridine rings is 1. The van der Waals surface area contributed by atoms with E-state index in [-0.39, 0.29) is 35.5 Å². The molecule has 0 saturated carbocycles. The summed E-state index contributed by atoms with van der Waals surface area (Å²) in [5.74, 6) is -2.69. The fourth-order valence-electron chi connectivity index (χ4n) is 3.94. The number of esters is 1. The Morgan fingerprint density at radius 1 is 1.11 bits per heavy atom. The van der Waals surface area contributed by atoms with Crippen LogP contribution in [0.5, 0.6) is 11.5 Å². The second-order valence-corrected chi connectivity index (χ2v) is 7.66. The zero-order chi connectivity index (χ0) is 25.9. The Labute approximate surface area is 202 Å². The first-order valence-corrected chi connectivity index (χ1v) is 10.5. The maximum atomic E-state index is 14.7. The van der Waals surface area contributed by atoms with E-state index in [1.54, 1.807) is 24.3 Å². The molecule has 1 aliphatic heterocycles. The van der Waals surface area contributed by atoms with Crippen molar-refractivity contribution in [3.8, 4) is 11.5 Å². The van der Waals surface area contributed by atoms with Gasteiger partial charge in [-0.2, -0.15) is 0 Å². The molecule has 0 radical (unpaired) electrons. The summed E-state index contributed by atoms with van der Waals surface area (Å²) < 4.78 is 66.7. The average molecular weight is 505 g/mol. The van der Waals surface area contributed by atoms with Gasteiger partial charge in [-0.05, 0) is 42.0 Å². The summed E-state index contributed by atoms with van der Waals surface area (Å²) in [6.45, 7) is 0.0835. The number of hydrogen-bond donors (Lipinski definition) is 2. The van der Waals surface area contributed by atoms with Crippen molar-refractivity contribution in [1.29, 1.82) is 0 Å². The van der Waals surface area contributed by atoms with Gasteiger partial charge in [0, 0.05) is 12.6 Å². The number of urea groups is 1. The molecule has 2 heterocycles. The molecule has 1 aliphatic rings. The zero-order valence-electron chi connectivity index (χ0n) is 18.7. The van der Waals surface area contributed by atoms with E-state index in [2.05, 4.69) is 20.4 Å². The molecule has 0 aliphatic carbocycles. The standard InChI is InChI=1S/C24H19F4N3O5/c1-34-21(32)15-5-2-3-6-17(15)30-22(33)31-23(10-12-35-19-7-4-11-29-20(19)23)14-8-9-18(16(25)13-14)36-24(26,27)28/h2-9,11,13H,10,12H2,1H3,(H2,30,31,33)/t23-/m0/s1. The number of carbonyl (C=O) groups is 2. The highest BCUT2D eigenvalue weighted by Crippen LogP contribution is 2.42. The summed E-state index contributed by atoms with van der Waals surface area (Å²) >= 11 is 0. The van der Waals surface area contributed by atoms with Crippen molar-refractivity contribution < 1.29 is 41.4 Å². The molecule has 12 heteroatoms. The van der Waals surface area contributed by atoms with Crippen molar-refractivity contribution >= 4 is 17.7 Å². The minimum atomic E-state index is -5.09. The number of nitrogens with zero attached hydrogens (tertiary/aromatic N) is 1. The topological polar surface area (TPSA) is 98.8 Å². The zero-order valence-corrected chi connectivity index (χ0v) is 18.7. The first-order valence-electron chi connectivity index (χ1n) is 10.5. The molecule has 1 aromatic heterocycles. The molecule has 0 saturated heterocycles. The molecule has 0 bridgehead atoms. The highest BCUT2D eigenvalue weighted by molar-refractivity contribution is 6.01. The summed E-state index contributed by atoms with van der Waals surface area (Å²) in [7, 11) is 1.19. The minimum Gasteiger partial charge on any atom is -0.491 e. The Balaban J connectivity index is 1.74. The molecule has 2 N–H and O–H groups in total. The van der Waals surface area contributed by atoms with E-state index >= 15 is 0 Å². The number of rotatable bonds is 5. The van der Waals surface area contributed by atoms with Crippen LogP contribution in [-0.2, 0) is 10.3 Å². The fraction of sp³-hybridized carbons (Fsp3) is 0.208. The van der Waals surface area contributed by atoms with Crippen molar-refractivity contribution in [2.75, 3.05) is 19.0 Å². The van der Waals surface area contributed by atoms with E-state index < -0.39 is 35.5 Å². The average Bonchev–Trinajstić information content (AvgIpc) is 2.84. The van der Waals surface area contributed by atoms with Crippen molar-refractivity contribution in [1.82, 2.24) is 10.3 Å². The molecule has 0 fully saturated rings. The van der Waals surface area contributed by atoms with Crippen LogP contribution in [0.25, 0.3) is 0 Å². The van der Waals surface area contributed by atoms with Crippen LogP contribution in [0.2, 0.25) is 0 Å². The van der Waals surface area contributed by atoms with Crippen LogP contribution in [0.3, 0.4) is 0 Å². The van der Waals surface area contributed by atoms with E-state index in [0.717, 1.165) is 12.1 Å². The van der Waals surface area contributed by atoms with E-state index in [1.807, 2.05) is 0 Å². The number of methoxy groups -OCH3 is 1. The monoisotopic (exact) mass is 505 g/mol. The van der Waals surface area contributed by atoms with Crippen molar-refractivity contribution in [2.45, 2.75) is 18.3 Å². The Hall–Kier alpha value is -4.35. The van der Waals surface area contributed by atoms with Crippen molar-refractivity contribution in [3.63, 3.8) is 0 Å². The summed E-state index contributed by atoms with van der Waals surface area (Å²) in [4.78, 5) is 29.5. The van der Waals surface area contributed by atoms with E-state index in [1.165, 1.54) is 31.5 Å². The Morgan fingerprint density at radius 3 is 2.61 bits per heavy atom. The molecule has 3 aromatic rings. The Bertz CT molecular complexity index is 1300. The molecule has 188 valence electrons. The number of benzene rings is 2. The number of para-hydroxylation sites is 1. The van der Waals surface area contributed by atoms with Gasteiger partial charge in [-0.3, -0.25) is 4.98 Å². The van der Waals surface area contributed by atoms with Gasteiger partial charge >= 0.3 is 18.4 Å². The van der Waals surface area contributed by atoms with Crippen molar-refractivity contribution in [2.24, 2.45) is 0 Å². The number of halogens is 4. The molecular formula is C24H19F4N3O5. The third-order valence-electron chi connectivity index (χ3n) is 5.47. The predicted molar refractivity (Wildman–Crippen MR) is 118 cm³/mol. The molecule has 36 heavy (non-hydrogen) atoms. The quantitative estimate of drug-likeness (QED) is 0.384. The largest absolute Gasteiger partial charge is 0.573 e. The highest BCUT2D eigenvalue weighted by Gasteiger charge is 2.43. The van der Waals surface area contributed by atoms with Gasteiger partial charge in [0.1, 0.15) is 17.0 Å². The van der Waals surface area contributed by atoms with Gasteiger partial charge in [-0.1, -0.05) is 18.2 Å². The van der Waals surface area contributed by atoms with Gasteiger partial charge in [0.2, 0.25) is 0 Å². The third-order valence-corrected chi connectivity index (χ3v) is 5.47. The summed E-state index contributed by atoms with van der Waals surface area (Å²) in [5, 5.41) is 5.33. The van der Waals surface area contributed by atoms with Crippen LogP contribution >= 0.6 is 0 Å². The molecule has 0 unspecified atom stereocenters. The number of hydrogen-bond acceptors (Lipinski definition) is 6. The first-order chi connectivity index (χ1) is 17.1. The smallest absolute Gasteiger partial charge is 0.491 e. The van der Waals surface area contributed by atoms with Gasteiger partial charge in [0.15, 0.2) is 11.6 Å². The third kappa shape index (κ3) is 5.02. The van der Waals surface area contributed by atoms with Crippen LogP contribution in [0.15, 0.2) is 60.8 Å². The predicted octanol–water partition coefficient (Wildman–Crippen LogP) is 4.75. The van der Waals surface area contributed by atoms with Crippen LogP contribution in [0.1, 0.15) is 28.0 Å². The summed E-state index contributed by atoms with van der Waals surface area (Å²) in [5.41, 5.74) is -0.929. The van der Waals surface area contributed by atoms with E-state index in [9.17, 15) is 27.2 Å². The molecule has 0 spiro atoms. The number of carbonyl (C=O) groups excluding carboxylic acids is 2. The molecule has 2 aromatic carbocycles. The fourth-order valence-corrected chi connectivity index (χ4v) is 3.94. The minimum absolute atomic E-state index is 0.0714. The molecule has 8 nitrogen and oxygen atoms in total. The first kappa shape index (κ1) is 24.8. The van der Waals surface area contributed by atoms with E-state index in [4.69, 9.17) is 9.47 Å². The van der Waals surface area contributed by atoms with Gasteiger partial charge < -0.3 is 24.8 Å². The maximum Gasteiger partial charge on any atom is 0.573 e. The second-order valence-electron chi connectivity index (χ2n) is 7.66. The number of nitrogens with one attached hydrogen (secondary N) is 2. The second kappa shape index (κ2) is 9.72. The van der Waals surface area contributed by atoms with Crippen LogP contribution in [0, 0.1) is 5.82 Å². The van der Waals surface area contributed by atoms with Gasteiger partial charge in [0.05, 0.1) is 25.0 Å². The van der Waals surface area contributed by atoms with E-state index in [0.29, 0.717) is 5.75 Å². The number of anilines is 1. The molecule has 4 rings (SSSR count). The lowest BCUT2D eigenvalue weighted by molar-refractivity contribution is -0.275. The Kier molecular flexibility index (Phi) is 6.69. The maximum absolute atomic E-state index is 14.7. The normalized spacial score (nSPS) is 16.8. The number of aromatic nitrogens is 1. The summed E-state index contributed by atoms with van der Waals surface area (Å²) in [6, 6.07) is 11.4. The number of amides is 2. The lowest BCUT2D eigenvalue weighted by Crippen LogP contribution is -2.51. The lowest BCUT2D eigenvalue weighted by atomic mass is 9.81. The van der Waals surface area contributed by atoms with Crippen molar-refractivity contribution in [3.05, 3.63) is 83.4 Å². The lowest BCUT2D eigenvalue weighted by Gasteiger charge is -2.39. The number of fused-ring (bicyclic) bond motifs is 1. The molecule has 1 atom stereocenters. The number of alkyl halides is 3. The van der Waals surface area contributed by atoms with Crippen LogP contribution in [-0.4, -0.2) is 37.1 Å². The van der Waals surface area contributed by atoms with Crippen LogP contribution in [0.4, 0.5) is 28.0 Å². The summed E-state index contributed by atoms with van der Waals surface area (Å²) in [6.07, 6.45) is -3.58. The molecule has 2 amide bonds. The SMILES string of the molecule is COC(=O)c1ccccc1NC(=O)N[C@]1(c2ccc(OC(F)(F)F)c(F)c2)CCOc2cccnc21. The Morgan fingerprint density at radius 2 is 1.89 bits per heavy atom. The van der Waals surface area contributed by atoms with Gasteiger partial charge in [-0.25, -0.2) is 14.0 Å². The van der Waals surface area contributed by atoms with Crippen LogP contribution < -0.4 is 20.1 Å². The highest BCUT2D eigenvalue weighted by atomic mass is 19.4.